The molecule has 1 fully saturated rings. The molecule has 7 heteroatoms. The lowest BCUT2D eigenvalue weighted by Crippen LogP contribution is -2.42. The smallest absolute Gasteiger partial charge is 0.328 e. The van der Waals surface area contributed by atoms with Crippen LogP contribution < -0.4 is 0 Å². The first-order valence-electron chi connectivity index (χ1n) is 7.29. The molecule has 0 saturated carbocycles. The Kier molecular flexibility index (Phi) is 4.99. The van der Waals surface area contributed by atoms with Gasteiger partial charge in [0.05, 0.1) is 12.0 Å². The Hall–Kier alpha value is -2.02. The van der Waals surface area contributed by atoms with Crippen LogP contribution in [-0.2, 0) is 14.3 Å². The van der Waals surface area contributed by atoms with Gasteiger partial charge in [0, 0.05) is 17.9 Å². The number of aryl methyl sites for hydroxylation is 1. The zero-order valence-corrected chi connectivity index (χ0v) is 14.6. The number of imide groups is 1. The molecule has 1 atom stereocenters. The van der Waals surface area contributed by atoms with Crippen molar-refractivity contribution in [3.63, 3.8) is 0 Å². The number of hydrogen-bond acceptors (Lipinski definition) is 5. The number of aromatic nitrogens is 1. The van der Waals surface area contributed by atoms with Crippen LogP contribution in [0.2, 0.25) is 0 Å². The number of hydrogen-bond donors (Lipinski definition) is 0. The van der Waals surface area contributed by atoms with Gasteiger partial charge in [-0.2, -0.15) is 0 Å². The molecule has 0 aliphatic carbocycles. The number of thioether (sulfide) groups is 1. The lowest BCUT2D eigenvalue weighted by Gasteiger charge is -2.18. The third kappa shape index (κ3) is 3.34. The molecule has 6 nitrogen and oxygen atoms in total. The molecule has 1 aliphatic rings. The van der Waals surface area contributed by atoms with Gasteiger partial charge in [-0.05, 0) is 57.2 Å². The van der Waals surface area contributed by atoms with Crippen LogP contribution in [0.15, 0.2) is 17.2 Å². The first-order chi connectivity index (χ1) is 10.8. The number of esters is 1. The molecule has 1 aromatic rings. The highest BCUT2D eigenvalue weighted by atomic mass is 32.2. The molecule has 0 radical (unpaired) electrons. The molecule has 2 heterocycles. The second-order valence-corrected chi connectivity index (χ2v) is 6.66. The van der Waals surface area contributed by atoms with E-state index in [9.17, 15) is 14.4 Å². The van der Waals surface area contributed by atoms with E-state index >= 15 is 0 Å². The summed E-state index contributed by atoms with van der Waals surface area (Å²) in [5.74, 6) is -1.08. The summed E-state index contributed by atoms with van der Waals surface area (Å²) in [5.41, 5.74) is 1.93. The van der Waals surface area contributed by atoms with Crippen molar-refractivity contribution >= 4 is 35.0 Å². The summed E-state index contributed by atoms with van der Waals surface area (Å²) >= 11 is 0.838. The van der Waals surface area contributed by atoms with Gasteiger partial charge in [0.2, 0.25) is 0 Å². The summed E-state index contributed by atoms with van der Waals surface area (Å²) < 4.78 is 6.69. The van der Waals surface area contributed by atoms with Crippen molar-refractivity contribution in [1.29, 1.82) is 0 Å². The van der Waals surface area contributed by atoms with Gasteiger partial charge in [-0.15, -0.1) is 0 Å². The van der Waals surface area contributed by atoms with E-state index in [0.717, 1.165) is 27.9 Å². The minimum atomic E-state index is -0.930. The summed E-state index contributed by atoms with van der Waals surface area (Å²) in [6, 6.07) is 1.34. The van der Waals surface area contributed by atoms with Gasteiger partial charge in [0.25, 0.3) is 11.1 Å². The molecule has 1 unspecified atom stereocenters. The van der Waals surface area contributed by atoms with Crippen LogP contribution >= 0.6 is 11.8 Å². The summed E-state index contributed by atoms with van der Waals surface area (Å²) in [6.45, 7) is 7.61. The number of amides is 2. The molecule has 2 amide bonds. The Balaban J connectivity index is 2.28. The highest BCUT2D eigenvalue weighted by molar-refractivity contribution is 8.18. The van der Waals surface area contributed by atoms with E-state index in [1.165, 1.54) is 14.0 Å². The number of carbonyl (C=O) groups excluding carboxylic acids is 3. The number of nitrogens with zero attached hydrogens (tertiary/aromatic N) is 2. The summed E-state index contributed by atoms with van der Waals surface area (Å²) in [6.07, 6.45) is 3.62. The predicted molar refractivity (Wildman–Crippen MR) is 88.8 cm³/mol. The monoisotopic (exact) mass is 336 g/mol. The van der Waals surface area contributed by atoms with Gasteiger partial charge in [0.15, 0.2) is 0 Å². The van der Waals surface area contributed by atoms with E-state index < -0.39 is 23.2 Å². The maximum atomic E-state index is 12.4. The van der Waals surface area contributed by atoms with Gasteiger partial charge in [-0.25, -0.2) is 4.79 Å². The SMILES string of the molecule is COC(=O)C(C)N1C(=O)S/C(=C\c2cc(C)n(C(C)C)c2)C1=O. The maximum absolute atomic E-state index is 12.4. The van der Waals surface area contributed by atoms with Crippen LogP contribution in [0.5, 0.6) is 0 Å². The normalized spacial score (nSPS) is 18.2. The van der Waals surface area contributed by atoms with Gasteiger partial charge in [0.1, 0.15) is 6.04 Å². The molecular formula is C16H20N2O4S. The van der Waals surface area contributed by atoms with Crippen molar-refractivity contribution in [2.24, 2.45) is 0 Å². The van der Waals surface area contributed by atoms with Crippen LogP contribution in [0.3, 0.4) is 0 Å². The van der Waals surface area contributed by atoms with E-state index in [1.54, 1.807) is 6.08 Å². The molecule has 1 saturated heterocycles. The van der Waals surface area contributed by atoms with E-state index in [4.69, 9.17) is 0 Å². The highest BCUT2D eigenvalue weighted by Gasteiger charge is 2.41. The minimum Gasteiger partial charge on any atom is -0.467 e. The standard InChI is InChI=1S/C16H20N2O4S/c1-9(2)17-8-12(6-10(17)3)7-13-14(19)18(16(21)23-13)11(4)15(20)22-5/h6-9,11H,1-5H3/b13-7-. The second kappa shape index (κ2) is 6.62. The topological polar surface area (TPSA) is 68.6 Å². The van der Waals surface area contributed by atoms with E-state index in [-0.39, 0.29) is 0 Å². The molecule has 2 rings (SSSR count). The van der Waals surface area contributed by atoms with Crippen LogP contribution in [0, 0.1) is 6.92 Å². The fraction of sp³-hybridized carbons (Fsp3) is 0.438. The Labute approximate surface area is 139 Å². The van der Waals surface area contributed by atoms with Crippen molar-refractivity contribution in [1.82, 2.24) is 9.47 Å². The first kappa shape index (κ1) is 17.3. The molecule has 0 N–H and O–H groups in total. The zero-order chi connectivity index (χ0) is 17.3. The zero-order valence-electron chi connectivity index (χ0n) is 13.8. The number of rotatable bonds is 4. The van der Waals surface area contributed by atoms with Crippen molar-refractivity contribution < 1.29 is 19.1 Å². The quantitative estimate of drug-likeness (QED) is 0.624. The predicted octanol–water partition coefficient (Wildman–Crippen LogP) is 2.98. The van der Waals surface area contributed by atoms with Crippen LogP contribution in [0.4, 0.5) is 4.79 Å². The Morgan fingerprint density at radius 1 is 1.30 bits per heavy atom. The van der Waals surface area contributed by atoms with Gasteiger partial charge < -0.3 is 9.30 Å². The molecule has 23 heavy (non-hydrogen) atoms. The van der Waals surface area contributed by atoms with Crippen molar-refractivity contribution in [2.75, 3.05) is 7.11 Å². The highest BCUT2D eigenvalue weighted by Crippen LogP contribution is 2.34. The summed E-state index contributed by atoms with van der Waals surface area (Å²) in [4.78, 5) is 37.3. The van der Waals surface area contributed by atoms with E-state index in [0.29, 0.717) is 10.9 Å². The number of methoxy groups -OCH3 is 1. The van der Waals surface area contributed by atoms with E-state index in [2.05, 4.69) is 23.2 Å². The average Bonchev–Trinajstić information content (AvgIpc) is 2.98. The molecule has 0 spiro atoms. The Bertz CT molecular complexity index is 690. The Morgan fingerprint density at radius 2 is 1.96 bits per heavy atom. The number of carbonyl (C=O) groups is 3. The fourth-order valence-corrected chi connectivity index (χ4v) is 3.40. The fourth-order valence-electron chi connectivity index (χ4n) is 2.49. The van der Waals surface area contributed by atoms with Crippen LogP contribution in [0.1, 0.15) is 38.1 Å². The molecule has 124 valence electrons. The lowest BCUT2D eigenvalue weighted by molar-refractivity contribution is -0.148. The minimum absolute atomic E-state index is 0.312. The summed E-state index contributed by atoms with van der Waals surface area (Å²) in [7, 11) is 1.23. The second-order valence-electron chi connectivity index (χ2n) is 5.67. The van der Waals surface area contributed by atoms with E-state index in [1.807, 2.05) is 19.2 Å². The average molecular weight is 336 g/mol. The maximum Gasteiger partial charge on any atom is 0.328 e. The molecule has 0 bridgehead atoms. The first-order valence-corrected chi connectivity index (χ1v) is 8.11. The van der Waals surface area contributed by atoms with Crippen LogP contribution in [0.25, 0.3) is 6.08 Å². The van der Waals surface area contributed by atoms with Crippen molar-refractivity contribution in [3.05, 3.63) is 28.4 Å². The third-order valence-electron chi connectivity index (χ3n) is 3.68. The molecular weight excluding hydrogens is 316 g/mol. The van der Waals surface area contributed by atoms with Gasteiger partial charge in [-0.3, -0.25) is 14.5 Å². The summed E-state index contributed by atoms with van der Waals surface area (Å²) in [5, 5.41) is -0.459. The van der Waals surface area contributed by atoms with Gasteiger partial charge in [-0.1, -0.05) is 0 Å². The number of ether oxygens (including phenoxy) is 1. The largest absolute Gasteiger partial charge is 0.467 e. The lowest BCUT2D eigenvalue weighted by atomic mass is 10.2. The Morgan fingerprint density at radius 3 is 2.48 bits per heavy atom. The van der Waals surface area contributed by atoms with Crippen molar-refractivity contribution in [3.8, 4) is 0 Å². The van der Waals surface area contributed by atoms with Crippen LogP contribution in [-0.4, -0.2) is 39.7 Å². The molecule has 0 aromatic carbocycles. The molecule has 1 aromatic heterocycles. The third-order valence-corrected chi connectivity index (χ3v) is 4.56. The van der Waals surface area contributed by atoms with Gasteiger partial charge >= 0.3 is 5.97 Å². The molecule has 1 aliphatic heterocycles. The van der Waals surface area contributed by atoms with Crippen molar-refractivity contribution in [2.45, 2.75) is 39.8 Å².